The van der Waals surface area contributed by atoms with Crippen molar-refractivity contribution in [2.45, 2.75) is 39.0 Å². The molecule has 6 heteroatoms. The van der Waals surface area contributed by atoms with Crippen LogP contribution in [0, 0.1) is 10.1 Å². The van der Waals surface area contributed by atoms with Gasteiger partial charge in [-0.05, 0) is 32.4 Å². The molecule has 2 rings (SSSR count). The molecule has 110 valence electrons. The number of rotatable bonds is 3. The van der Waals surface area contributed by atoms with E-state index in [0.717, 1.165) is 0 Å². The third-order valence-electron chi connectivity index (χ3n) is 3.60. The van der Waals surface area contributed by atoms with E-state index >= 15 is 0 Å². The van der Waals surface area contributed by atoms with Gasteiger partial charge in [0, 0.05) is 18.7 Å². The summed E-state index contributed by atoms with van der Waals surface area (Å²) < 4.78 is 5.55. The topological polar surface area (TPSA) is 75.8 Å². The number of aliphatic hydroxyl groups is 1. The Balaban J connectivity index is 2.42. The summed E-state index contributed by atoms with van der Waals surface area (Å²) >= 11 is 0. The van der Waals surface area contributed by atoms with Crippen LogP contribution in [-0.4, -0.2) is 35.3 Å². The average Bonchev–Trinajstić information content (AvgIpc) is 2.40. The van der Waals surface area contributed by atoms with Crippen LogP contribution in [0.2, 0.25) is 0 Å². The zero-order valence-electron chi connectivity index (χ0n) is 11.9. The standard InChI is InChI=1S/C14H20N2O4/c1-9-8-20-10(2)7-15(9)13-5-4-12(11(3)17)6-14(13)16(18)19/h4-6,9-11,17H,7-8H2,1-3H3/t9?,10?,11-/m0/s1. The van der Waals surface area contributed by atoms with Crippen LogP contribution in [0.25, 0.3) is 0 Å². The number of nitro groups is 1. The molecule has 6 nitrogen and oxygen atoms in total. The Hall–Kier alpha value is -1.66. The first-order valence-electron chi connectivity index (χ1n) is 6.74. The molecular formula is C14H20N2O4. The number of hydrogen-bond donors (Lipinski definition) is 1. The van der Waals surface area contributed by atoms with Gasteiger partial charge in [0.2, 0.25) is 0 Å². The summed E-state index contributed by atoms with van der Waals surface area (Å²) in [7, 11) is 0. The Morgan fingerprint density at radius 3 is 2.80 bits per heavy atom. The van der Waals surface area contributed by atoms with E-state index in [-0.39, 0.29) is 17.8 Å². The van der Waals surface area contributed by atoms with Gasteiger partial charge in [0.05, 0.1) is 23.7 Å². The van der Waals surface area contributed by atoms with Crippen LogP contribution >= 0.6 is 0 Å². The molecule has 1 saturated heterocycles. The largest absolute Gasteiger partial charge is 0.389 e. The molecule has 0 radical (unpaired) electrons. The number of nitrogens with zero attached hydrogens (tertiary/aromatic N) is 2. The number of morpholine rings is 1. The minimum atomic E-state index is -0.719. The number of benzene rings is 1. The van der Waals surface area contributed by atoms with Crippen molar-refractivity contribution in [2.24, 2.45) is 0 Å². The Bertz CT molecular complexity index is 504. The minimum Gasteiger partial charge on any atom is -0.389 e. The van der Waals surface area contributed by atoms with E-state index in [1.165, 1.54) is 6.07 Å². The maximum absolute atomic E-state index is 11.3. The van der Waals surface area contributed by atoms with Crippen molar-refractivity contribution in [2.75, 3.05) is 18.1 Å². The van der Waals surface area contributed by atoms with Crippen molar-refractivity contribution in [3.63, 3.8) is 0 Å². The second-order valence-corrected chi connectivity index (χ2v) is 5.33. The van der Waals surface area contributed by atoms with Gasteiger partial charge in [-0.2, -0.15) is 0 Å². The van der Waals surface area contributed by atoms with Crippen molar-refractivity contribution in [1.82, 2.24) is 0 Å². The lowest BCUT2D eigenvalue weighted by atomic mass is 10.1. The van der Waals surface area contributed by atoms with Crippen LogP contribution in [0.4, 0.5) is 11.4 Å². The molecule has 1 aromatic carbocycles. The summed E-state index contributed by atoms with van der Waals surface area (Å²) in [4.78, 5) is 12.9. The zero-order chi connectivity index (χ0) is 14.9. The smallest absolute Gasteiger partial charge is 0.292 e. The second kappa shape index (κ2) is 5.76. The van der Waals surface area contributed by atoms with Crippen LogP contribution in [0.1, 0.15) is 32.4 Å². The minimum absolute atomic E-state index is 0.0318. The molecule has 2 unspecified atom stereocenters. The fraction of sp³-hybridized carbons (Fsp3) is 0.571. The molecule has 0 amide bonds. The Morgan fingerprint density at radius 2 is 2.20 bits per heavy atom. The fourth-order valence-corrected chi connectivity index (χ4v) is 2.43. The molecular weight excluding hydrogens is 260 g/mol. The van der Waals surface area contributed by atoms with Crippen LogP contribution < -0.4 is 4.90 Å². The SMILES string of the molecule is CC1CN(c2ccc([C@H](C)O)cc2[N+](=O)[O-])C(C)CO1. The number of aliphatic hydroxyl groups excluding tert-OH is 1. The van der Waals surface area contributed by atoms with Crippen LogP contribution in [0.5, 0.6) is 0 Å². The number of ether oxygens (including phenoxy) is 1. The number of anilines is 1. The summed E-state index contributed by atoms with van der Waals surface area (Å²) in [6.45, 7) is 6.71. The van der Waals surface area contributed by atoms with E-state index in [9.17, 15) is 15.2 Å². The van der Waals surface area contributed by atoms with Crippen molar-refractivity contribution in [3.05, 3.63) is 33.9 Å². The Labute approximate surface area is 118 Å². The van der Waals surface area contributed by atoms with Gasteiger partial charge in [-0.25, -0.2) is 0 Å². The fourth-order valence-electron chi connectivity index (χ4n) is 2.43. The highest BCUT2D eigenvalue weighted by Gasteiger charge is 2.29. The molecule has 0 saturated carbocycles. The van der Waals surface area contributed by atoms with Crippen molar-refractivity contribution in [1.29, 1.82) is 0 Å². The predicted molar refractivity (Wildman–Crippen MR) is 76.0 cm³/mol. The highest BCUT2D eigenvalue weighted by atomic mass is 16.6. The van der Waals surface area contributed by atoms with Gasteiger partial charge < -0.3 is 14.7 Å². The van der Waals surface area contributed by atoms with Gasteiger partial charge in [-0.1, -0.05) is 6.07 Å². The van der Waals surface area contributed by atoms with E-state index < -0.39 is 11.0 Å². The van der Waals surface area contributed by atoms with Gasteiger partial charge in [0.25, 0.3) is 5.69 Å². The van der Waals surface area contributed by atoms with E-state index in [2.05, 4.69) is 0 Å². The van der Waals surface area contributed by atoms with Crippen molar-refractivity contribution in [3.8, 4) is 0 Å². The number of hydrogen-bond acceptors (Lipinski definition) is 5. The lowest BCUT2D eigenvalue weighted by molar-refractivity contribution is -0.384. The summed E-state index contributed by atoms with van der Waals surface area (Å²) in [5.41, 5.74) is 1.17. The molecule has 0 aliphatic carbocycles. The summed E-state index contributed by atoms with van der Waals surface area (Å²) in [6.07, 6.45) is -0.675. The molecule has 1 fully saturated rings. The molecule has 1 N–H and O–H groups in total. The molecule has 0 bridgehead atoms. The van der Waals surface area contributed by atoms with Gasteiger partial charge in [0.1, 0.15) is 5.69 Å². The van der Waals surface area contributed by atoms with Gasteiger partial charge in [-0.15, -0.1) is 0 Å². The number of nitro benzene ring substituents is 1. The molecule has 0 aromatic heterocycles. The Morgan fingerprint density at radius 1 is 1.50 bits per heavy atom. The molecule has 1 heterocycles. The highest BCUT2D eigenvalue weighted by Crippen LogP contribution is 2.33. The van der Waals surface area contributed by atoms with Gasteiger partial charge in [-0.3, -0.25) is 10.1 Å². The second-order valence-electron chi connectivity index (χ2n) is 5.33. The van der Waals surface area contributed by atoms with Crippen molar-refractivity contribution < 1.29 is 14.8 Å². The van der Waals surface area contributed by atoms with Gasteiger partial charge in [0.15, 0.2) is 0 Å². The molecule has 1 aliphatic rings. The Kier molecular flexibility index (Phi) is 4.25. The maximum atomic E-state index is 11.3. The molecule has 0 spiro atoms. The lowest BCUT2D eigenvalue weighted by Gasteiger charge is -2.38. The molecule has 1 aliphatic heterocycles. The predicted octanol–water partition coefficient (Wildman–Crippen LogP) is 2.26. The first-order chi connectivity index (χ1) is 9.40. The maximum Gasteiger partial charge on any atom is 0.292 e. The molecule has 3 atom stereocenters. The van der Waals surface area contributed by atoms with Crippen LogP contribution in [-0.2, 0) is 4.74 Å². The summed E-state index contributed by atoms with van der Waals surface area (Å²) in [6, 6.07) is 4.99. The lowest BCUT2D eigenvalue weighted by Crippen LogP contribution is -2.47. The van der Waals surface area contributed by atoms with Gasteiger partial charge >= 0.3 is 0 Å². The van der Waals surface area contributed by atoms with E-state index in [4.69, 9.17) is 4.74 Å². The van der Waals surface area contributed by atoms with Crippen LogP contribution in [0.3, 0.4) is 0 Å². The third kappa shape index (κ3) is 2.91. The first-order valence-corrected chi connectivity index (χ1v) is 6.74. The zero-order valence-corrected chi connectivity index (χ0v) is 11.9. The quantitative estimate of drug-likeness (QED) is 0.679. The van der Waals surface area contributed by atoms with E-state index in [0.29, 0.717) is 24.4 Å². The van der Waals surface area contributed by atoms with E-state index in [1.807, 2.05) is 18.7 Å². The third-order valence-corrected chi connectivity index (χ3v) is 3.60. The highest BCUT2D eigenvalue weighted by molar-refractivity contribution is 5.65. The van der Waals surface area contributed by atoms with E-state index in [1.54, 1.807) is 19.1 Å². The van der Waals surface area contributed by atoms with Crippen molar-refractivity contribution >= 4 is 11.4 Å². The summed E-state index contributed by atoms with van der Waals surface area (Å²) in [5.74, 6) is 0. The monoisotopic (exact) mass is 280 g/mol. The molecule has 20 heavy (non-hydrogen) atoms. The summed E-state index contributed by atoms with van der Waals surface area (Å²) in [5, 5.41) is 20.9. The normalized spacial score (nSPS) is 24.5. The average molecular weight is 280 g/mol. The van der Waals surface area contributed by atoms with Crippen LogP contribution in [0.15, 0.2) is 18.2 Å². The molecule has 1 aromatic rings. The first kappa shape index (κ1) is 14.7.